The van der Waals surface area contributed by atoms with E-state index in [1.165, 1.54) is 70.7 Å². The molecule has 0 N–H and O–H groups in total. The van der Waals surface area contributed by atoms with Gasteiger partial charge in [-0.3, -0.25) is 0 Å². The molecule has 0 aliphatic heterocycles. The Bertz CT molecular complexity index is 3860. The van der Waals surface area contributed by atoms with Crippen LogP contribution in [0.3, 0.4) is 0 Å². The molecule has 0 aliphatic carbocycles. The van der Waals surface area contributed by atoms with E-state index in [0.717, 1.165) is 39.6 Å². The van der Waals surface area contributed by atoms with Crippen LogP contribution in [-0.4, -0.2) is 13.7 Å². The lowest BCUT2D eigenvalue weighted by Crippen LogP contribution is -2.10. The highest BCUT2D eigenvalue weighted by molar-refractivity contribution is 6.16. The molecule has 4 heteroatoms. The van der Waals surface area contributed by atoms with Gasteiger partial charge in [-0.15, -0.1) is 0 Å². The lowest BCUT2D eigenvalue weighted by Gasteiger charge is -2.26. The Morgan fingerprint density at radius 3 is 1.15 bits per heavy atom. The number of hydrogen-bond acceptors (Lipinski definition) is 1. The van der Waals surface area contributed by atoms with Crippen molar-refractivity contribution in [2.24, 2.45) is 0 Å². The van der Waals surface area contributed by atoms with Gasteiger partial charge < -0.3 is 18.6 Å². The molecule has 10 aromatic carbocycles. The van der Waals surface area contributed by atoms with E-state index < -0.39 is 0 Å². The highest BCUT2D eigenvalue weighted by atomic mass is 15.1. The summed E-state index contributed by atoms with van der Waals surface area (Å²) < 4.78 is 7.21. The van der Waals surface area contributed by atoms with Gasteiger partial charge in [-0.1, -0.05) is 121 Å². The van der Waals surface area contributed by atoms with Crippen LogP contribution in [0.4, 0.5) is 17.1 Å². The second kappa shape index (κ2) is 13.6. The van der Waals surface area contributed by atoms with Gasteiger partial charge in [0, 0.05) is 66.4 Å². The van der Waals surface area contributed by atoms with Crippen molar-refractivity contribution in [1.82, 2.24) is 13.7 Å². The Balaban J connectivity index is 1.10. The van der Waals surface area contributed by atoms with Crippen molar-refractivity contribution in [2.45, 2.75) is 0 Å². The number of rotatable bonds is 6. The van der Waals surface area contributed by atoms with E-state index >= 15 is 0 Å². The minimum atomic E-state index is 1.08. The van der Waals surface area contributed by atoms with Gasteiger partial charge in [-0.25, -0.2) is 0 Å². The zero-order valence-corrected chi connectivity index (χ0v) is 33.7. The summed E-state index contributed by atoms with van der Waals surface area (Å²) in [6, 6.07) is 84.1. The van der Waals surface area contributed by atoms with Gasteiger partial charge in [0.15, 0.2) is 0 Å². The van der Waals surface area contributed by atoms with Crippen LogP contribution in [-0.2, 0) is 0 Å². The normalized spacial score (nSPS) is 11.9. The van der Waals surface area contributed by atoms with Crippen LogP contribution in [0.2, 0.25) is 0 Å². The van der Waals surface area contributed by atoms with Crippen LogP contribution in [0.1, 0.15) is 0 Å². The van der Waals surface area contributed by atoms with Gasteiger partial charge in [-0.2, -0.15) is 0 Å². The second-order valence-electron chi connectivity index (χ2n) is 16.2. The average molecular weight is 791 g/mol. The van der Waals surface area contributed by atoms with Crippen LogP contribution in [0.5, 0.6) is 0 Å². The Labute approximate surface area is 358 Å². The van der Waals surface area contributed by atoms with Gasteiger partial charge in [0.25, 0.3) is 0 Å². The fourth-order valence-electron chi connectivity index (χ4n) is 10.0. The van der Waals surface area contributed by atoms with E-state index in [0.29, 0.717) is 0 Å². The summed E-state index contributed by atoms with van der Waals surface area (Å²) >= 11 is 0. The highest BCUT2D eigenvalue weighted by Gasteiger charge is 2.22. The van der Waals surface area contributed by atoms with Gasteiger partial charge in [-0.05, 0) is 120 Å². The molecule has 0 fully saturated rings. The number of benzene rings is 10. The fraction of sp³-hybridized carbons (Fsp3) is 0. The van der Waals surface area contributed by atoms with Crippen molar-refractivity contribution in [2.75, 3.05) is 4.90 Å². The van der Waals surface area contributed by atoms with E-state index in [9.17, 15) is 0 Å². The number of fused-ring (bicyclic) bond motifs is 10. The lowest BCUT2D eigenvalue weighted by atomic mass is 10.0. The molecule has 0 spiro atoms. The van der Waals surface area contributed by atoms with Crippen molar-refractivity contribution in [3.63, 3.8) is 0 Å². The number of para-hydroxylation sites is 5. The predicted octanol–water partition coefficient (Wildman–Crippen LogP) is 15.6. The molecule has 0 atom stereocenters. The quantitative estimate of drug-likeness (QED) is 0.164. The standard InChI is InChI=1S/C58H38N4/c1-4-18-41(19-5-1)60-54-27-15-13-25-48(54)51-36-44(29-32-55(51)60)59(46-28-31-49-47-24-12-14-26-53(47)61(58(49)38-46)42-20-6-2-7-21-42)45-30-33-56-52(37-45)50-34-39-16-10-11-17-40(39)35-57(50)62(56)43-22-8-3-9-23-43/h1-38H. The van der Waals surface area contributed by atoms with Crippen molar-refractivity contribution >= 4 is 93.3 Å². The molecule has 62 heavy (non-hydrogen) atoms. The van der Waals surface area contributed by atoms with E-state index in [1.807, 2.05) is 0 Å². The summed E-state index contributed by atoms with van der Waals surface area (Å²) in [7, 11) is 0. The first-order chi connectivity index (χ1) is 30.8. The highest BCUT2D eigenvalue weighted by Crippen LogP contribution is 2.44. The van der Waals surface area contributed by atoms with Crippen molar-refractivity contribution in [3.05, 3.63) is 231 Å². The zero-order chi connectivity index (χ0) is 40.7. The maximum absolute atomic E-state index is 2.45. The Hall–Kier alpha value is -8.34. The van der Waals surface area contributed by atoms with Crippen LogP contribution >= 0.6 is 0 Å². The molecule has 0 saturated heterocycles. The molecule has 0 aliphatic rings. The fourth-order valence-corrected chi connectivity index (χ4v) is 10.0. The summed E-state index contributed by atoms with van der Waals surface area (Å²) in [5, 5.41) is 9.79. The monoisotopic (exact) mass is 790 g/mol. The van der Waals surface area contributed by atoms with E-state index in [4.69, 9.17) is 0 Å². The predicted molar refractivity (Wildman–Crippen MR) is 262 cm³/mol. The number of hydrogen-bond donors (Lipinski definition) is 0. The molecule has 290 valence electrons. The third-order valence-electron chi connectivity index (χ3n) is 12.7. The third kappa shape index (κ3) is 5.20. The Morgan fingerprint density at radius 2 is 0.581 bits per heavy atom. The Kier molecular flexibility index (Phi) is 7.57. The minimum absolute atomic E-state index is 1.08. The zero-order valence-electron chi connectivity index (χ0n) is 33.7. The molecular formula is C58H38N4. The summed E-state index contributed by atoms with van der Waals surface area (Å²) in [5.74, 6) is 0. The second-order valence-corrected chi connectivity index (χ2v) is 16.2. The van der Waals surface area contributed by atoms with E-state index in [-0.39, 0.29) is 0 Å². The van der Waals surface area contributed by atoms with Crippen LogP contribution in [0, 0.1) is 0 Å². The smallest absolute Gasteiger partial charge is 0.0561 e. The number of anilines is 3. The summed E-state index contributed by atoms with van der Waals surface area (Å²) in [6.45, 7) is 0. The van der Waals surface area contributed by atoms with Crippen molar-refractivity contribution in [1.29, 1.82) is 0 Å². The van der Waals surface area contributed by atoms with Crippen molar-refractivity contribution in [3.8, 4) is 17.1 Å². The van der Waals surface area contributed by atoms with Gasteiger partial charge >= 0.3 is 0 Å². The number of nitrogens with zero attached hydrogens (tertiary/aromatic N) is 4. The summed E-state index contributed by atoms with van der Waals surface area (Å²) in [4.78, 5) is 2.45. The first-order valence-corrected chi connectivity index (χ1v) is 21.3. The molecule has 0 unspecified atom stereocenters. The maximum Gasteiger partial charge on any atom is 0.0561 e. The maximum atomic E-state index is 2.45. The first kappa shape index (κ1) is 34.5. The lowest BCUT2D eigenvalue weighted by molar-refractivity contribution is 1.17. The molecule has 3 heterocycles. The summed E-state index contributed by atoms with van der Waals surface area (Å²) in [6.07, 6.45) is 0. The van der Waals surface area contributed by atoms with Gasteiger partial charge in [0.1, 0.15) is 0 Å². The average Bonchev–Trinajstić information content (AvgIpc) is 3.96. The molecule has 3 aromatic heterocycles. The molecule has 0 amide bonds. The SMILES string of the molecule is c1ccc(-n2c3ccccc3c3cc(N(c4ccc5c(c4)c4cc6ccccc6cc4n5-c4ccccc4)c4ccc5c6ccccc6n(-c6ccccc6)c5c4)ccc32)cc1. The molecule has 0 saturated carbocycles. The largest absolute Gasteiger partial charge is 0.310 e. The van der Waals surface area contributed by atoms with Crippen LogP contribution in [0.25, 0.3) is 93.3 Å². The van der Waals surface area contributed by atoms with E-state index in [2.05, 4.69) is 249 Å². The third-order valence-corrected chi connectivity index (χ3v) is 12.7. The molecule has 13 rings (SSSR count). The molecule has 0 bridgehead atoms. The molecular weight excluding hydrogens is 753 g/mol. The number of aromatic nitrogens is 3. The van der Waals surface area contributed by atoms with Gasteiger partial charge in [0.05, 0.1) is 33.1 Å². The van der Waals surface area contributed by atoms with Crippen LogP contribution < -0.4 is 4.90 Å². The molecule has 13 aromatic rings. The summed E-state index contributed by atoms with van der Waals surface area (Å²) in [5.41, 5.74) is 13.8. The van der Waals surface area contributed by atoms with Crippen LogP contribution in [0.15, 0.2) is 231 Å². The topological polar surface area (TPSA) is 18.0 Å². The molecule has 0 radical (unpaired) electrons. The first-order valence-electron chi connectivity index (χ1n) is 21.3. The minimum Gasteiger partial charge on any atom is -0.310 e. The van der Waals surface area contributed by atoms with Crippen molar-refractivity contribution < 1.29 is 0 Å². The van der Waals surface area contributed by atoms with E-state index in [1.54, 1.807) is 0 Å². The van der Waals surface area contributed by atoms with Gasteiger partial charge in [0.2, 0.25) is 0 Å². The Morgan fingerprint density at radius 1 is 0.226 bits per heavy atom. The molecule has 4 nitrogen and oxygen atoms in total.